The highest BCUT2D eigenvalue weighted by Crippen LogP contribution is 2.52. The molecule has 0 unspecified atom stereocenters. The number of aliphatic hydroxyl groups is 1. The molecule has 40 heavy (non-hydrogen) atoms. The molecular formula is C25H17BrF11NO2. The zero-order valence-electron chi connectivity index (χ0n) is 19.7. The summed E-state index contributed by atoms with van der Waals surface area (Å²) < 4.78 is 155. The zero-order valence-corrected chi connectivity index (χ0v) is 21.3. The molecule has 1 N–H and O–H groups in total. The molecule has 0 aliphatic heterocycles. The first kappa shape index (κ1) is 31.5. The van der Waals surface area contributed by atoms with Crippen LogP contribution < -0.4 is 9.64 Å². The van der Waals surface area contributed by atoms with Gasteiger partial charge in [-0.3, -0.25) is 0 Å². The predicted molar refractivity (Wildman–Crippen MR) is 125 cm³/mol. The average molecular weight is 652 g/mol. The lowest BCUT2D eigenvalue weighted by Gasteiger charge is -2.32. The second-order valence-electron chi connectivity index (χ2n) is 8.42. The molecule has 218 valence electrons. The van der Waals surface area contributed by atoms with E-state index in [0.717, 1.165) is 36.4 Å². The van der Waals surface area contributed by atoms with Crippen molar-refractivity contribution in [3.8, 4) is 11.5 Å². The van der Waals surface area contributed by atoms with Crippen LogP contribution in [-0.2, 0) is 12.5 Å². The molecule has 0 saturated carbocycles. The van der Waals surface area contributed by atoms with Gasteiger partial charge in [-0.2, -0.15) is 43.9 Å². The summed E-state index contributed by atoms with van der Waals surface area (Å²) >= 11 is 3.10. The Balaban J connectivity index is 2.06. The molecule has 1 atom stereocenters. The number of nitrogens with zero attached hydrogens (tertiary/aromatic N) is 1. The number of alkyl halides is 10. The maximum Gasteiger partial charge on any atom is 0.460 e. The van der Waals surface area contributed by atoms with E-state index in [0.29, 0.717) is 15.4 Å². The van der Waals surface area contributed by atoms with E-state index in [1.54, 1.807) is 0 Å². The quantitative estimate of drug-likeness (QED) is 0.235. The minimum atomic E-state index is -6.65. The third-order valence-electron chi connectivity index (χ3n) is 5.54. The first-order chi connectivity index (χ1) is 18.3. The van der Waals surface area contributed by atoms with Crippen LogP contribution in [0.4, 0.5) is 54.0 Å². The molecular weight excluding hydrogens is 635 g/mol. The zero-order chi connectivity index (χ0) is 30.1. The smallest absolute Gasteiger partial charge is 0.454 e. The Bertz CT molecular complexity index is 1330. The van der Waals surface area contributed by atoms with E-state index in [1.165, 1.54) is 24.3 Å². The van der Waals surface area contributed by atoms with E-state index in [-0.39, 0.29) is 17.2 Å². The van der Waals surface area contributed by atoms with Crippen molar-refractivity contribution in [1.29, 1.82) is 0 Å². The lowest BCUT2D eigenvalue weighted by atomic mass is 9.96. The lowest BCUT2D eigenvalue weighted by Crippen LogP contribution is -2.50. The highest BCUT2D eigenvalue weighted by molar-refractivity contribution is 9.10. The molecule has 0 fully saturated rings. The maximum absolute atomic E-state index is 14.6. The first-order valence-electron chi connectivity index (χ1n) is 11.0. The van der Waals surface area contributed by atoms with Crippen molar-refractivity contribution in [2.24, 2.45) is 0 Å². The molecule has 0 bridgehead atoms. The molecule has 0 heterocycles. The number of hydrogen-bond acceptors (Lipinski definition) is 3. The number of rotatable bonds is 9. The van der Waals surface area contributed by atoms with Crippen molar-refractivity contribution in [2.45, 2.75) is 36.8 Å². The van der Waals surface area contributed by atoms with Gasteiger partial charge >= 0.3 is 24.2 Å². The third-order valence-corrected chi connectivity index (χ3v) is 6.04. The molecule has 3 aromatic rings. The van der Waals surface area contributed by atoms with Crippen LogP contribution in [0.25, 0.3) is 0 Å². The molecule has 3 aromatic carbocycles. The SMILES string of the molecule is O[C@H](CN(Cc1ccccc1C(F)(F)C(F)(F)C(F)(F)F)c1cccc(Oc2cc(Br)ccc2F)c1)C(F)(F)F. The van der Waals surface area contributed by atoms with Crippen molar-refractivity contribution in [3.05, 3.63) is 88.1 Å². The number of benzene rings is 3. The second-order valence-corrected chi connectivity index (χ2v) is 9.33. The topological polar surface area (TPSA) is 32.7 Å². The van der Waals surface area contributed by atoms with Gasteiger partial charge < -0.3 is 14.7 Å². The van der Waals surface area contributed by atoms with E-state index in [2.05, 4.69) is 15.9 Å². The lowest BCUT2D eigenvalue weighted by molar-refractivity contribution is -0.359. The molecule has 0 radical (unpaired) electrons. The minimum Gasteiger partial charge on any atom is -0.454 e. The molecule has 0 aromatic heterocycles. The van der Waals surface area contributed by atoms with Crippen LogP contribution in [0, 0.1) is 5.82 Å². The molecule has 3 nitrogen and oxygen atoms in total. The summed E-state index contributed by atoms with van der Waals surface area (Å²) in [4.78, 5) is 0.628. The number of anilines is 1. The summed E-state index contributed by atoms with van der Waals surface area (Å²) in [6.45, 7) is -2.41. The monoisotopic (exact) mass is 651 g/mol. The second kappa shape index (κ2) is 11.4. The van der Waals surface area contributed by atoms with E-state index in [1.807, 2.05) is 0 Å². The fraction of sp³-hybridized carbons (Fsp3) is 0.280. The highest BCUT2D eigenvalue weighted by Gasteiger charge is 2.73. The van der Waals surface area contributed by atoms with Crippen molar-refractivity contribution in [1.82, 2.24) is 0 Å². The van der Waals surface area contributed by atoms with Crippen molar-refractivity contribution in [3.63, 3.8) is 0 Å². The largest absolute Gasteiger partial charge is 0.460 e. The fourth-order valence-electron chi connectivity index (χ4n) is 3.52. The number of ether oxygens (including phenoxy) is 1. The predicted octanol–water partition coefficient (Wildman–Crippen LogP) is 8.60. The molecule has 0 spiro atoms. The van der Waals surface area contributed by atoms with Gasteiger partial charge in [-0.1, -0.05) is 46.3 Å². The fourth-order valence-corrected chi connectivity index (χ4v) is 3.86. The van der Waals surface area contributed by atoms with Gasteiger partial charge in [0.2, 0.25) is 0 Å². The van der Waals surface area contributed by atoms with Crippen molar-refractivity contribution >= 4 is 21.6 Å². The van der Waals surface area contributed by atoms with E-state index in [9.17, 15) is 53.4 Å². The Morgan fingerprint density at radius 2 is 1.48 bits per heavy atom. The van der Waals surface area contributed by atoms with Gasteiger partial charge in [0.05, 0.1) is 6.54 Å². The summed E-state index contributed by atoms with van der Waals surface area (Å²) in [7, 11) is 0. The van der Waals surface area contributed by atoms with Gasteiger partial charge in [-0.15, -0.1) is 0 Å². The standard InChI is InChI=1S/C25H17BrF11NO2/c26-15-8-9-19(27)20(10-15)40-17-6-3-5-16(11-17)38(13-21(39)23(30,31)32)12-14-4-1-2-7-18(14)22(28,29)24(33,34)25(35,36)37/h1-11,21,39H,12-13H2/t21-/m1/s1. The summed E-state index contributed by atoms with van der Waals surface area (Å²) in [6.07, 6.45) is -14.9. The molecule has 3 rings (SSSR count). The van der Waals surface area contributed by atoms with Crippen molar-refractivity contribution in [2.75, 3.05) is 11.4 Å². The van der Waals surface area contributed by atoms with Crippen LogP contribution in [0.3, 0.4) is 0 Å². The molecule has 0 saturated heterocycles. The van der Waals surface area contributed by atoms with Gasteiger partial charge in [-0.05, 0) is 35.9 Å². The van der Waals surface area contributed by atoms with Crippen LogP contribution >= 0.6 is 15.9 Å². The first-order valence-corrected chi connectivity index (χ1v) is 11.8. The Morgan fingerprint density at radius 3 is 2.10 bits per heavy atom. The Labute approximate surface area is 227 Å². The highest BCUT2D eigenvalue weighted by atomic mass is 79.9. The van der Waals surface area contributed by atoms with Gasteiger partial charge in [0.1, 0.15) is 5.75 Å². The normalized spacial score (nSPS) is 13.7. The van der Waals surface area contributed by atoms with Crippen LogP contribution in [0.15, 0.2) is 71.2 Å². The molecule has 0 aliphatic carbocycles. The van der Waals surface area contributed by atoms with Crippen LogP contribution in [0.2, 0.25) is 0 Å². The number of halogens is 12. The Hall–Kier alpha value is -3.07. The maximum atomic E-state index is 14.6. The van der Waals surface area contributed by atoms with Gasteiger partial charge in [0.15, 0.2) is 17.7 Å². The summed E-state index contributed by atoms with van der Waals surface area (Å²) in [6, 6.07) is 11.1. The third kappa shape index (κ3) is 6.79. The van der Waals surface area contributed by atoms with Crippen molar-refractivity contribution < 1.29 is 58.1 Å². The Kier molecular flexibility index (Phi) is 8.99. The molecule has 0 aliphatic rings. The van der Waals surface area contributed by atoms with E-state index < -0.39 is 60.3 Å². The minimum absolute atomic E-state index is 0.164. The summed E-state index contributed by atoms with van der Waals surface area (Å²) in [5.41, 5.74) is -2.92. The van der Waals surface area contributed by atoms with E-state index in [4.69, 9.17) is 4.74 Å². The van der Waals surface area contributed by atoms with Gasteiger partial charge in [0, 0.05) is 28.3 Å². The Morgan fingerprint density at radius 1 is 0.825 bits per heavy atom. The molecule has 0 amide bonds. The summed E-state index contributed by atoms with van der Waals surface area (Å²) in [5, 5.41) is 9.66. The van der Waals surface area contributed by atoms with Gasteiger partial charge in [-0.25, -0.2) is 4.39 Å². The van der Waals surface area contributed by atoms with Gasteiger partial charge in [0.25, 0.3) is 0 Å². The average Bonchev–Trinajstić information content (AvgIpc) is 2.85. The van der Waals surface area contributed by atoms with Crippen LogP contribution in [0.5, 0.6) is 11.5 Å². The number of hydrogen-bond donors (Lipinski definition) is 1. The summed E-state index contributed by atoms with van der Waals surface area (Å²) in [5.74, 6) is -13.6. The molecule has 15 heteroatoms. The number of aliphatic hydroxyl groups excluding tert-OH is 1. The van der Waals surface area contributed by atoms with E-state index >= 15 is 0 Å². The van der Waals surface area contributed by atoms with Crippen LogP contribution in [-0.4, -0.2) is 36.0 Å². The van der Waals surface area contributed by atoms with Crippen LogP contribution in [0.1, 0.15) is 11.1 Å².